The van der Waals surface area contributed by atoms with E-state index in [1.165, 1.54) is 0 Å². The highest BCUT2D eigenvalue weighted by Gasteiger charge is 2.12. The summed E-state index contributed by atoms with van der Waals surface area (Å²) in [5.74, 6) is 0.562. The van der Waals surface area contributed by atoms with Gasteiger partial charge in [-0.05, 0) is 0 Å². The molecule has 0 fully saturated rings. The van der Waals surface area contributed by atoms with Crippen LogP contribution >= 0.6 is 0 Å². The predicted octanol–water partition coefficient (Wildman–Crippen LogP) is -0.918. The zero-order chi connectivity index (χ0) is 8.10. The molecule has 1 unspecified atom stereocenters. The van der Waals surface area contributed by atoms with Crippen LogP contribution in [0.4, 0.5) is 0 Å². The van der Waals surface area contributed by atoms with Gasteiger partial charge in [-0.25, -0.2) is 0 Å². The van der Waals surface area contributed by atoms with Crippen LogP contribution in [-0.2, 0) is 0 Å². The molecular formula is C7H16N4. The molecule has 0 aromatic rings. The molecule has 0 saturated carbocycles. The van der Waals surface area contributed by atoms with E-state index in [1.54, 1.807) is 0 Å². The highest BCUT2D eigenvalue weighted by molar-refractivity contribution is 5.62. The largest absolute Gasteiger partial charge is 0.329 e. The van der Waals surface area contributed by atoms with E-state index in [0.29, 0.717) is 12.5 Å². The zero-order valence-corrected chi connectivity index (χ0v) is 6.95. The summed E-state index contributed by atoms with van der Waals surface area (Å²) in [5.41, 5.74) is 5.33. The summed E-state index contributed by atoms with van der Waals surface area (Å²) in [5, 5.41) is 9.34. The maximum absolute atomic E-state index is 5.33. The Hall–Kier alpha value is -0.610. The molecule has 0 amide bonds. The molecule has 0 bridgehead atoms. The molecule has 0 aliphatic carbocycles. The van der Waals surface area contributed by atoms with Gasteiger partial charge in [0.2, 0.25) is 0 Å². The molecule has 0 spiro atoms. The van der Waals surface area contributed by atoms with Gasteiger partial charge in [0.15, 0.2) is 0 Å². The van der Waals surface area contributed by atoms with Crippen LogP contribution in [0.15, 0.2) is 5.10 Å². The first-order valence-electron chi connectivity index (χ1n) is 3.99. The number of hydrogen-bond donors (Lipinski definition) is 2. The SMILES string of the molecule is CN1CC(CNCCN)C=N1. The lowest BCUT2D eigenvalue weighted by Crippen LogP contribution is -2.30. The van der Waals surface area contributed by atoms with E-state index >= 15 is 0 Å². The maximum Gasteiger partial charge on any atom is 0.0447 e. The third-order valence-corrected chi connectivity index (χ3v) is 1.70. The molecule has 1 aliphatic heterocycles. The minimum Gasteiger partial charge on any atom is -0.329 e. The van der Waals surface area contributed by atoms with Crippen molar-refractivity contribution in [1.29, 1.82) is 0 Å². The average molecular weight is 156 g/mol. The van der Waals surface area contributed by atoms with Crippen molar-refractivity contribution in [3.63, 3.8) is 0 Å². The van der Waals surface area contributed by atoms with E-state index in [-0.39, 0.29) is 0 Å². The van der Waals surface area contributed by atoms with Gasteiger partial charge < -0.3 is 11.1 Å². The third-order valence-electron chi connectivity index (χ3n) is 1.70. The lowest BCUT2D eigenvalue weighted by Gasteiger charge is -2.10. The van der Waals surface area contributed by atoms with E-state index in [0.717, 1.165) is 19.6 Å². The first kappa shape index (κ1) is 8.49. The fraction of sp³-hybridized carbons (Fsp3) is 0.857. The highest BCUT2D eigenvalue weighted by Crippen LogP contribution is 2.02. The lowest BCUT2D eigenvalue weighted by molar-refractivity contribution is 0.356. The van der Waals surface area contributed by atoms with E-state index in [9.17, 15) is 0 Å². The molecular weight excluding hydrogens is 140 g/mol. The van der Waals surface area contributed by atoms with Crippen LogP contribution < -0.4 is 11.1 Å². The Bertz CT molecular complexity index is 134. The topological polar surface area (TPSA) is 53.6 Å². The summed E-state index contributed by atoms with van der Waals surface area (Å²) in [6.45, 7) is 3.62. The molecule has 0 aromatic heterocycles. The molecule has 3 N–H and O–H groups in total. The Morgan fingerprint density at radius 3 is 3.18 bits per heavy atom. The van der Waals surface area contributed by atoms with Crippen molar-refractivity contribution >= 4 is 6.21 Å². The first-order chi connectivity index (χ1) is 5.33. The summed E-state index contributed by atoms with van der Waals surface area (Å²) in [6, 6.07) is 0. The lowest BCUT2D eigenvalue weighted by atomic mass is 10.2. The molecule has 0 saturated heterocycles. The summed E-state index contributed by atoms with van der Waals surface area (Å²) in [7, 11) is 1.99. The van der Waals surface area contributed by atoms with Crippen molar-refractivity contribution in [2.24, 2.45) is 16.8 Å². The van der Waals surface area contributed by atoms with Gasteiger partial charge in [-0.2, -0.15) is 5.10 Å². The van der Waals surface area contributed by atoms with Crippen LogP contribution in [0.1, 0.15) is 0 Å². The van der Waals surface area contributed by atoms with Crippen molar-refractivity contribution in [3.05, 3.63) is 0 Å². The van der Waals surface area contributed by atoms with Crippen LogP contribution in [0.5, 0.6) is 0 Å². The second kappa shape index (κ2) is 4.31. The van der Waals surface area contributed by atoms with Crippen molar-refractivity contribution in [3.8, 4) is 0 Å². The quantitative estimate of drug-likeness (QED) is 0.518. The van der Waals surface area contributed by atoms with E-state index in [2.05, 4.69) is 10.4 Å². The molecule has 1 aliphatic rings. The second-order valence-corrected chi connectivity index (χ2v) is 2.86. The summed E-state index contributed by atoms with van der Waals surface area (Å²) in [4.78, 5) is 0. The van der Waals surface area contributed by atoms with Gasteiger partial charge in [0, 0.05) is 45.4 Å². The smallest absolute Gasteiger partial charge is 0.0447 e. The number of nitrogens with one attached hydrogen (secondary N) is 1. The maximum atomic E-state index is 5.33. The second-order valence-electron chi connectivity index (χ2n) is 2.86. The van der Waals surface area contributed by atoms with Crippen LogP contribution in [0.3, 0.4) is 0 Å². The summed E-state index contributed by atoms with van der Waals surface area (Å²) >= 11 is 0. The predicted molar refractivity (Wildman–Crippen MR) is 46.5 cm³/mol. The molecule has 1 heterocycles. The Balaban J connectivity index is 2.05. The molecule has 11 heavy (non-hydrogen) atoms. The van der Waals surface area contributed by atoms with Crippen molar-refractivity contribution < 1.29 is 0 Å². The number of hydrazone groups is 1. The minimum atomic E-state index is 0.562. The number of rotatable bonds is 4. The van der Waals surface area contributed by atoms with E-state index in [1.807, 2.05) is 18.3 Å². The Morgan fingerprint density at radius 2 is 2.64 bits per heavy atom. The van der Waals surface area contributed by atoms with Crippen LogP contribution in [0, 0.1) is 5.92 Å². The fourth-order valence-corrected chi connectivity index (χ4v) is 1.15. The Kier molecular flexibility index (Phi) is 3.32. The summed E-state index contributed by atoms with van der Waals surface area (Å²) in [6.07, 6.45) is 1.99. The van der Waals surface area contributed by atoms with Gasteiger partial charge in [0.05, 0.1) is 0 Å². The molecule has 4 nitrogen and oxygen atoms in total. The van der Waals surface area contributed by atoms with Crippen LogP contribution in [0.25, 0.3) is 0 Å². The standard InChI is InChI=1S/C7H16N4/c1-11-6-7(5-10-11)4-9-3-2-8/h5,7,9H,2-4,6,8H2,1H3. The Morgan fingerprint density at radius 1 is 1.82 bits per heavy atom. The van der Waals surface area contributed by atoms with Gasteiger partial charge in [-0.1, -0.05) is 0 Å². The normalized spacial score (nSPS) is 23.1. The van der Waals surface area contributed by atoms with Gasteiger partial charge in [-0.3, -0.25) is 5.01 Å². The average Bonchev–Trinajstić information content (AvgIpc) is 2.37. The van der Waals surface area contributed by atoms with Gasteiger partial charge in [0.1, 0.15) is 0 Å². The van der Waals surface area contributed by atoms with E-state index in [4.69, 9.17) is 5.73 Å². The van der Waals surface area contributed by atoms with Crippen molar-refractivity contribution in [2.45, 2.75) is 0 Å². The molecule has 1 rings (SSSR count). The molecule has 1 atom stereocenters. The third kappa shape index (κ3) is 2.86. The van der Waals surface area contributed by atoms with E-state index < -0.39 is 0 Å². The van der Waals surface area contributed by atoms with Crippen molar-refractivity contribution in [2.75, 3.05) is 33.2 Å². The number of hydrogen-bond acceptors (Lipinski definition) is 4. The number of nitrogens with two attached hydrogens (primary N) is 1. The minimum absolute atomic E-state index is 0.562. The fourth-order valence-electron chi connectivity index (χ4n) is 1.15. The van der Waals surface area contributed by atoms with Crippen LogP contribution in [-0.4, -0.2) is 44.5 Å². The molecule has 0 aromatic carbocycles. The van der Waals surface area contributed by atoms with Crippen molar-refractivity contribution in [1.82, 2.24) is 10.3 Å². The highest BCUT2D eigenvalue weighted by atomic mass is 15.4. The Labute approximate surface area is 67.4 Å². The molecule has 64 valence electrons. The number of nitrogens with zero attached hydrogens (tertiary/aromatic N) is 2. The monoisotopic (exact) mass is 156 g/mol. The first-order valence-corrected chi connectivity index (χ1v) is 3.99. The molecule has 0 radical (unpaired) electrons. The van der Waals surface area contributed by atoms with Gasteiger partial charge in [0.25, 0.3) is 0 Å². The summed E-state index contributed by atoms with van der Waals surface area (Å²) < 4.78 is 0. The van der Waals surface area contributed by atoms with Gasteiger partial charge in [-0.15, -0.1) is 0 Å². The molecule has 4 heteroatoms. The van der Waals surface area contributed by atoms with Crippen LogP contribution in [0.2, 0.25) is 0 Å². The zero-order valence-electron chi connectivity index (χ0n) is 6.95. The van der Waals surface area contributed by atoms with Gasteiger partial charge >= 0.3 is 0 Å².